The third kappa shape index (κ3) is 2.56. The summed E-state index contributed by atoms with van der Waals surface area (Å²) in [6, 6.07) is 0. The Balaban J connectivity index is 2.04. The van der Waals surface area contributed by atoms with Crippen molar-refractivity contribution in [2.45, 2.75) is 38.2 Å². The highest BCUT2D eigenvalue weighted by Gasteiger charge is 2.31. The van der Waals surface area contributed by atoms with Crippen LogP contribution < -0.4 is 5.32 Å². The first-order chi connectivity index (χ1) is 7.09. The smallest absolute Gasteiger partial charge is 0.0953 e. The van der Waals surface area contributed by atoms with E-state index < -0.39 is 5.60 Å². The van der Waals surface area contributed by atoms with Crippen LogP contribution in [0.25, 0.3) is 0 Å². The van der Waals surface area contributed by atoms with E-state index in [9.17, 15) is 5.11 Å². The van der Waals surface area contributed by atoms with Crippen molar-refractivity contribution in [3.8, 4) is 0 Å². The van der Waals surface area contributed by atoms with E-state index in [2.05, 4.69) is 29.5 Å². The van der Waals surface area contributed by atoms with Crippen molar-refractivity contribution in [2.24, 2.45) is 0 Å². The van der Waals surface area contributed by atoms with E-state index in [0.29, 0.717) is 18.9 Å². The lowest BCUT2D eigenvalue weighted by Gasteiger charge is -2.19. The van der Waals surface area contributed by atoms with E-state index in [1.807, 2.05) is 0 Å². The van der Waals surface area contributed by atoms with Crippen LogP contribution in [0.4, 0.5) is 0 Å². The molecule has 1 aliphatic rings. The Hall–Kier alpha value is -0.450. The van der Waals surface area contributed by atoms with E-state index in [4.69, 9.17) is 0 Å². The van der Waals surface area contributed by atoms with Crippen LogP contribution >= 0.6 is 11.3 Å². The zero-order chi connectivity index (χ0) is 10.9. The molecule has 1 aromatic heterocycles. The van der Waals surface area contributed by atoms with Crippen molar-refractivity contribution in [1.29, 1.82) is 0 Å². The van der Waals surface area contributed by atoms with Crippen LogP contribution in [0.5, 0.6) is 0 Å². The van der Waals surface area contributed by atoms with Gasteiger partial charge in [-0.1, -0.05) is 13.8 Å². The average molecular weight is 226 g/mol. The number of aliphatic hydroxyl groups is 1. The molecule has 4 heteroatoms. The van der Waals surface area contributed by atoms with Gasteiger partial charge >= 0.3 is 0 Å². The van der Waals surface area contributed by atoms with Crippen LogP contribution in [0, 0.1) is 0 Å². The van der Waals surface area contributed by atoms with Gasteiger partial charge in [0.15, 0.2) is 0 Å². The summed E-state index contributed by atoms with van der Waals surface area (Å²) < 4.78 is 0. The van der Waals surface area contributed by atoms with Gasteiger partial charge < -0.3 is 10.4 Å². The summed E-state index contributed by atoms with van der Waals surface area (Å²) in [7, 11) is 0. The Kier molecular flexibility index (Phi) is 3.09. The number of nitrogens with zero attached hydrogens (tertiary/aromatic N) is 1. The fraction of sp³-hybridized carbons (Fsp3) is 0.727. The van der Waals surface area contributed by atoms with Gasteiger partial charge in [0.2, 0.25) is 0 Å². The molecule has 0 radical (unpaired) electrons. The van der Waals surface area contributed by atoms with Crippen LogP contribution in [-0.4, -0.2) is 28.8 Å². The molecular weight excluding hydrogens is 208 g/mol. The second-order valence-electron chi connectivity index (χ2n) is 4.66. The molecule has 2 heterocycles. The Bertz CT molecular complexity index is 329. The van der Waals surface area contributed by atoms with E-state index in [1.165, 1.54) is 5.01 Å². The van der Waals surface area contributed by atoms with Gasteiger partial charge in [-0.05, 0) is 13.0 Å². The summed E-state index contributed by atoms with van der Waals surface area (Å²) in [6.45, 7) is 5.90. The van der Waals surface area contributed by atoms with Crippen molar-refractivity contribution < 1.29 is 5.11 Å². The molecule has 2 rings (SSSR count). The van der Waals surface area contributed by atoms with Crippen LogP contribution in [0.2, 0.25) is 0 Å². The average Bonchev–Trinajstić information content (AvgIpc) is 2.75. The van der Waals surface area contributed by atoms with Gasteiger partial charge in [0, 0.05) is 24.3 Å². The third-order valence-corrected chi connectivity index (χ3v) is 3.99. The van der Waals surface area contributed by atoms with Gasteiger partial charge in [-0.3, -0.25) is 0 Å². The standard InChI is InChI=1S/C11H18N2OS/c1-8(2)10-13-9(6-15-10)5-11(14)3-4-12-7-11/h6,8,12,14H,3-5,7H2,1-2H3. The van der Waals surface area contributed by atoms with E-state index in [1.54, 1.807) is 11.3 Å². The summed E-state index contributed by atoms with van der Waals surface area (Å²) >= 11 is 1.70. The van der Waals surface area contributed by atoms with Crippen LogP contribution in [0.15, 0.2) is 5.38 Å². The number of hydrogen-bond donors (Lipinski definition) is 2. The maximum absolute atomic E-state index is 10.2. The SMILES string of the molecule is CC(C)c1nc(CC2(O)CCNC2)cs1. The first-order valence-corrected chi connectivity index (χ1v) is 6.34. The summed E-state index contributed by atoms with van der Waals surface area (Å²) in [4.78, 5) is 4.55. The minimum atomic E-state index is -0.567. The fourth-order valence-electron chi connectivity index (χ4n) is 1.89. The maximum Gasteiger partial charge on any atom is 0.0953 e. The molecule has 2 N–H and O–H groups in total. The summed E-state index contributed by atoms with van der Waals surface area (Å²) in [5.41, 5.74) is 0.470. The lowest BCUT2D eigenvalue weighted by atomic mass is 9.97. The van der Waals surface area contributed by atoms with Crippen LogP contribution in [-0.2, 0) is 6.42 Å². The Morgan fingerprint density at radius 1 is 1.67 bits per heavy atom. The van der Waals surface area contributed by atoms with E-state index in [0.717, 1.165) is 18.7 Å². The lowest BCUT2D eigenvalue weighted by Crippen LogP contribution is -2.33. The minimum Gasteiger partial charge on any atom is -0.388 e. The lowest BCUT2D eigenvalue weighted by molar-refractivity contribution is 0.0610. The van der Waals surface area contributed by atoms with Gasteiger partial charge in [-0.15, -0.1) is 11.3 Å². The van der Waals surface area contributed by atoms with Crippen molar-refractivity contribution in [2.75, 3.05) is 13.1 Å². The molecule has 0 bridgehead atoms. The molecule has 0 amide bonds. The molecular formula is C11H18N2OS. The van der Waals surface area contributed by atoms with Crippen molar-refractivity contribution in [3.63, 3.8) is 0 Å². The molecule has 1 saturated heterocycles. The predicted molar refractivity (Wildman–Crippen MR) is 62.3 cm³/mol. The number of β-amino-alcohol motifs (C(OH)–C–C–N with tert-alkyl or cyclic N) is 1. The number of aromatic nitrogens is 1. The third-order valence-electron chi connectivity index (χ3n) is 2.79. The number of nitrogens with one attached hydrogen (secondary N) is 1. The first kappa shape index (κ1) is 11.0. The molecule has 1 atom stereocenters. The van der Waals surface area contributed by atoms with Gasteiger partial charge in [0.25, 0.3) is 0 Å². The molecule has 1 fully saturated rings. The molecule has 0 spiro atoms. The fourth-order valence-corrected chi connectivity index (χ4v) is 2.72. The highest BCUT2D eigenvalue weighted by molar-refractivity contribution is 7.09. The number of thiazole rings is 1. The zero-order valence-electron chi connectivity index (χ0n) is 9.29. The molecule has 1 aromatic rings. The molecule has 3 nitrogen and oxygen atoms in total. The minimum absolute atomic E-state index is 0.486. The second-order valence-corrected chi connectivity index (χ2v) is 5.55. The molecule has 15 heavy (non-hydrogen) atoms. The summed E-state index contributed by atoms with van der Waals surface area (Å²) in [5.74, 6) is 0.486. The topological polar surface area (TPSA) is 45.2 Å². The highest BCUT2D eigenvalue weighted by Crippen LogP contribution is 2.24. The molecule has 0 aliphatic carbocycles. The van der Waals surface area contributed by atoms with Crippen molar-refractivity contribution in [1.82, 2.24) is 10.3 Å². The Morgan fingerprint density at radius 3 is 3.00 bits per heavy atom. The monoisotopic (exact) mass is 226 g/mol. The van der Waals surface area contributed by atoms with Crippen molar-refractivity contribution in [3.05, 3.63) is 16.1 Å². The Labute approximate surface area is 94.5 Å². The Morgan fingerprint density at radius 2 is 2.47 bits per heavy atom. The first-order valence-electron chi connectivity index (χ1n) is 5.46. The quantitative estimate of drug-likeness (QED) is 0.821. The van der Waals surface area contributed by atoms with Gasteiger partial charge in [-0.2, -0.15) is 0 Å². The van der Waals surface area contributed by atoms with Crippen molar-refractivity contribution >= 4 is 11.3 Å². The predicted octanol–water partition coefficient (Wildman–Crippen LogP) is 1.53. The maximum atomic E-state index is 10.2. The van der Waals surface area contributed by atoms with E-state index >= 15 is 0 Å². The van der Waals surface area contributed by atoms with Gasteiger partial charge in [-0.25, -0.2) is 4.98 Å². The second kappa shape index (κ2) is 4.20. The highest BCUT2D eigenvalue weighted by atomic mass is 32.1. The van der Waals surface area contributed by atoms with Gasteiger partial charge in [0.05, 0.1) is 16.3 Å². The summed E-state index contributed by atoms with van der Waals surface area (Å²) in [6.07, 6.45) is 1.52. The zero-order valence-corrected chi connectivity index (χ0v) is 10.1. The van der Waals surface area contributed by atoms with Gasteiger partial charge in [0.1, 0.15) is 0 Å². The number of hydrogen-bond acceptors (Lipinski definition) is 4. The molecule has 1 unspecified atom stereocenters. The molecule has 0 saturated carbocycles. The van der Waals surface area contributed by atoms with Crippen LogP contribution in [0.3, 0.4) is 0 Å². The molecule has 84 valence electrons. The molecule has 1 aliphatic heterocycles. The number of rotatable bonds is 3. The normalized spacial score (nSPS) is 26.4. The largest absolute Gasteiger partial charge is 0.388 e. The molecule has 0 aromatic carbocycles. The summed E-state index contributed by atoms with van der Waals surface area (Å²) in [5, 5.41) is 16.6. The van der Waals surface area contributed by atoms with Crippen LogP contribution in [0.1, 0.15) is 36.9 Å². The van der Waals surface area contributed by atoms with E-state index in [-0.39, 0.29) is 0 Å².